The van der Waals surface area contributed by atoms with Crippen molar-refractivity contribution in [2.45, 2.75) is 52.3 Å². The number of allylic oxidation sites excluding steroid dienone is 1. The molecule has 0 unspecified atom stereocenters. The van der Waals surface area contributed by atoms with E-state index in [1.807, 2.05) is 45.0 Å². The number of ether oxygens (including phenoxy) is 4. The first kappa shape index (κ1) is 17.0. The predicted octanol–water partition coefficient (Wildman–Crippen LogP) is 3.70. The molecule has 22 heavy (non-hydrogen) atoms. The van der Waals surface area contributed by atoms with Crippen LogP contribution in [0.5, 0.6) is 5.75 Å². The Kier molecular flexibility index (Phi) is 5.62. The molecule has 2 rings (SSSR count). The molecule has 0 amide bonds. The summed E-state index contributed by atoms with van der Waals surface area (Å²) in [6.07, 6.45) is 1.88. The Hall–Kier alpha value is -1.36. The Balaban J connectivity index is 2.01. The molecule has 0 N–H and O–H groups in total. The van der Waals surface area contributed by atoms with Gasteiger partial charge in [0.25, 0.3) is 0 Å². The minimum Gasteiger partial charge on any atom is -0.497 e. The lowest BCUT2D eigenvalue weighted by atomic mass is 10.1. The molecular weight excluding hydrogens is 280 g/mol. The summed E-state index contributed by atoms with van der Waals surface area (Å²) < 4.78 is 22.9. The van der Waals surface area contributed by atoms with Crippen molar-refractivity contribution in [1.82, 2.24) is 0 Å². The van der Waals surface area contributed by atoms with Crippen LogP contribution in [0.4, 0.5) is 0 Å². The summed E-state index contributed by atoms with van der Waals surface area (Å²) in [6, 6.07) is 7.90. The monoisotopic (exact) mass is 306 g/mol. The normalized spacial score (nSPS) is 22.6. The summed E-state index contributed by atoms with van der Waals surface area (Å²) in [7, 11) is 1.66. The van der Waals surface area contributed by atoms with Crippen molar-refractivity contribution in [2.24, 2.45) is 0 Å². The highest BCUT2D eigenvalue weighted by atomic mass is 16.7. The van der Waals surface area contributed by atoms with E-state index in [-0.39, 0.29) is 12.2 Å². The summed E-state index contributed by atoms with van der Waals surface area (Å²) in [4.78, 5) is 0. The highest BCUT2D eigenvalue weighted by molar-refractivity contribution is 5.26. The third kappa shape index (κ3) is 4.32. The predicted molar refractivity (Wildman–Crippen MR) is 85.9 cm³/mol. The van der Waals surface area contributed by atoms with E-state index in [9.17, 15) is 0 Å². The quantitative estimate of drug-likeness (QED) is 0.751. The van der Waals surface area contributed by atoms with Crippen LogP contribution in [-0.4, -0.2) is 31.7 Å². The third-order valence-electron chi connectivity index (χ3n) is 3.86. The first-order valence-electron chi connectivity index (χ1n) is 7.64. The number of hydrogen-bond donors (Lipinski definition) is 0. The molecule has 1 aromatic carbocycles. The van der Waals surface area contributed by atoms with E-state index in [0.29, 0.717) is 13.2 Å². The molecule has 1 aliphatic rings. The first-order valence-corrected chi connectivity index (χ1v) is 7.64. The largest absolute Gasteiger partial charge is 0.497 e. The van der Waals surface area contributed by atoms with Gasteiger partial charge in [-0.05, 0) is 51.0 Å². The van der Waals surface area contributed by atoms with Crippen molar-refractivity contribution >= 4 is 0 Å². The van der Waals surface area contributed by atoms with Crippen molar-refractivity contribution in [3.8, 4) is 5.75 Å². The maximum Gasteiger partial charge on any atom is 0.163 e. The average Bonchev–Trinajstić information content (AvgIpc) is 2.87. The summed E-state index contributed by atoms with van der Waals surface area (Å²) in [5.74, 6) is 0.305. The van der Waals surface area contributed by atoms with Crippen LogP contribution >= 0.6 is 0 Å². The Morgan fingerprint density at radius 3 is 2.55 bits per heavy atom. The molecule has 0 aromatic heterocycles. The zero-order chi connectivity index (χ0) is 16.2. The van der Waals surface area contributed by atoms with Crippen LogP contribution in [0.2, 0.25) is 0 Å². The van der Waals surface area contributed by atoms with Crippen molar-refractivity contribution in [2.75, 3.05) is 13.7 Å². The molecule has 0 radical (unpaired) electrons. The average molecular weight is 306 g/mol. The SMILES string of the molecule is C/C=C(\C)[C@@H](OCc1ccc(OC)cc1)[C@H]1COC(C)(C)O1. The zero-order valence-electron chi connectivity index (χ0n) is 14.1. The maximum absolute atomic E-state index is 6.12. The number of benzene rings is 1. The standard InChI is InChI=1S/C18H26O4/c1-6-13(2)17(16-12-21-18(3,4)22-16)20-11-14-7-9-15(19-5)10-8-14/h6-10,16-17H,11-12H2,1-5H3/b13-6+/t16-,17-/m1/s1. The highest BCUT2D eigenvalue weighted by Crippen LogP contribution is 2.28. The fourth-order valence-corrected chi connectivity index (χ4v) is 2.47. The molecular formula is C18H26O4. The van der Waals surface area contributed by atoms with Crippen LogP contribution in [0.1, 0.15) is 33.3 Å². The summed E-state index contributed by atoms with van der Waals surface area (Å²) in [5.41, 5.74) is 2.26. The lowest BCUT2D eigenvalue weighted by Crippen LogP contribution is -2.33. The van der Waals surface area contributed by atoms with Crippen molar-refractivity contribution < 1.29 is 18.9 Å². The minimum absolute atomic E-state index is 0.0792. The highest BCUT2D eigenvalue weighted by Gasteiger charge is 2.38. The Labute approximate surface area is 133 Å². The van der Waals surface area contributed by atoms with E-state index in [2.05, 4.69) is 13.0 Å². The fraction of sp³-hybridized carbons (Fsp3) is 0.556. The van der Waals surface area contributed by atoms with Crippen LogP contribution in [0.15, 0.2) is 35.9 Å². The molecule has 0 bridgehead atoms. The van der Waals surface area contributed by atoms with Crippen molar-refractivity contribution in [1.29, 1.82) is 0 Å². The molecule has 4 heteroatoms. The number of hydrogen-bond acceptors (Lipinski definition) is 4. The first-order chi connectivity index (χ1) is 10.4. The minimum atomic E-state index is -0.541. The smallest absolute Gasteiger partial charge is 0.163 e. The third-order valence-corrected chi connectivity index (χ3v) is 3.86. The van der Waals surface area contributed by atoms with Crippen LogP contribution in [-0.2, 0) is 20.8 Å². The van der Waals surface area contributed by atoms with Gasteiger partial charge >= 0.3 is 0 Å². The van der Waals surface area contributed by atoms with Crippen LogP contribution < -0.4 is 4.74 Å². The number of methoxy groups -OCH3 is 1. The topological polar surface area (TPSA) is 36.9 Å². The van der Waals surface area contributed by atoms with E-state index in [0.717, 1.165) is 16.9 Å². The summed E-state index contributed by atoms with van der Waals surface area (Å²) in [5, 5.41) is 0. The van der Waals surface area contributed by atoms with Crippen LogP contribution in [0.3, 0.4) is 0 Å². The van der Waals surface area contributed by atoms with Crippen molar-refractivity contribution in [3.63, 3.8) is 0 Å². The molecule has 1 saturated heterocycles. The molecule has 0 spiro atoms. The fourth-order valence-electron chi connectivity index (χ4n) is 2.47. The molecule has 2 atom stereocenters. The number of rotatable bonds is 6. The summed E-state index contributed by atoms with van der Waals surface area (Å²) in [6.45, 7) is 9.01. The Bertz CT molecular complexity index is 504. The van der Waals surface area contributed by atoms with Gasteiger partial charge in [-0.25, -0.2) is 0 Å². The Morgan fingerprint density at radius 2 is 2.05 bits per heavy atom. The Morgan fingerprint density at radius 1 is 1.36 bits per heavy atom. The van der Waals surface area contributed by atoms with E-state index in [4.69, 9.17) is 18.9 Å². The van der Waals surface area contributed by atoms with Gasteiger partial charge in [0, 0.05) is 0 Å². The molecule has 1 aromatic rings. The van der Waals surface area contributed by atoms with E-state index in [1.54, 1.807) is 7.11 Å². The van der Waals surface area contributed by atoms with Gasteiger partial charge in [-0.15, -0.1) is 0 Å². The lowest BCUT2D eigenvalue weighted by Gasteiger charge is -2.25. The van der Waals surface area contributed by atoms with Gasteiger partial charge in [-0.3, -0.25) is 0 Å². The molecule has 1 aliphatic heterocycles. The lowest BCUT2D eigenvalue weighted by molar-refractivity contribution is -0.153. The van der Waals surface area contributed by atoms with E-state index in [1.165, 1.54) is 0 Å². The second kappa shape index (κ2) is 7.27. The van der Waals surface area contributed by atoms with Gasteiger partial charge < -0.3 is 18.9 Å². The van der Waals surface area contributed by atoms with Gasteiger partial charge in [-0.1, -0.05) is 18.2 Å². The molecule has 122 valence electrons. The second-order valence-corrected chi connectivity index (χ2v) is 5.98. The molecule has 0 aliphatic carbocycles. The molecule has 0 saturated carbocycles. The molecule has 1 fully saturated rings. The van der Waals surface area contributed by atoms with E-state index < -0.39 is 5.79 Å². The van der Waals surface area contributed by atoms with Crippen LogP contribution in [0, 0.1) is 0 Å². The van der Waals surface area contributed by atoms with Gasteiger partial charge in [-0.2, -0.15) is 0 Å². The second-order valence-electron chi connectivity index (χ2n) is 5.98. The van der Waals surface area contributed by atoms with Crippen molar-refractivity contribution in [3.05, 3.63) is 41.5 Å². The van der Waals surface area contributed by atoms with Gasteiger partial charge in [0.15, 0.2) is 5.79 Å². The van der Waals surface area contributed by atoms with Gasteiger partial charge in [0.05, 0.1) is 20.3 Å². The van der Waals surface area contributed by atoms with Gasteiger partial charge in [0.1, 0.15) is 18.0 Å². The maximum atomic E-state index is 6.12. The van der Waals surface area contributed by atoms with Crippen LogP contribution in [0.25, 0.3) is 0 Å². The molecule has 1 heterocycles. The summed E-state index contributed by atoms with van der Waals surface area (Å²) >= 11 is 0. The molecule has 4 nitrogen and oxygen atoms in total. The van der Waals surface area contributed by atoms with E-state index >= 15 is 0 Å². The van der Waals surface area contributed by atoms with Gasteiger partial charge in [0.2, 0.25) is 0 Å². The zero-order valence-corrected chi connectivity index (χ0v) is 14.1.